The zero-order valence-electron chi connectivity index (χ0n) is 9.80. The molecular weight excluding hydrogens is 382 g/mol. The normalized spacial score (nSPS) is 10.5. The minimum absolute atomic E-state index is 0.284. The number of halogens is 4. The van der Waals surface area contributed by atoms with Crippen molar-refractivity contribution in [1.82, 2.24) is 0 Å². The molecule has 0 spiro atoms. The molecule has 2 aromatic carbocycles. The van der Waals surface area contributed by atoms with E-state index in [2.05, 4.69) is 31.9 Å². The maximum Gasteiger partial charge on any atom is 0.124 e. The van der Waals surface area contributed by atoms with Gasteiger partial charge in [-0.25, -0.2) is 8.78 Å². The maximum atomic E-state index is 13.1. The van der Waals surface area contributed by atoms with E-state index in [9.17, 15) is 8.78 Å². The van der Waals surface area contributed by atoms with Crippen LogP contribution in [0.25, 0.3) is 0 Å². The van der Waals surface area contributed by atoms with Crippen LogP contribution in [0.15, 0.2) is 40.9 Å². The van der Waals surface area contributed by atoms with Crippen LogP contribution in [0.1, 0.15) is 11.1 Å². The SMILES string of the molecule is Fc1ccc(COc2ccc(F)cc2CBr)c(Br)c1. The summed E-state index contributed by atoms with van der Waals surface area (Å²) >= 11 is 6.57. The summed E-state index contributed by atoms with van der Waals surface area (Å²) in [6, 6.07) is 8.76. The van der Waals surface area contributed by atoms with Crippen molar-refractivity contribution in [3.05, 3.63) is 63.6 Å². The van der Waals surface area contributed by atoms with E-state index in [1.54, 1.807) is 12.1 Å². The van der Waals surface area contributed by atoms with Gasteiger partial charge >= 0.3 is 0 Å². The minimum Gasteiger partial charge on any atom is -0.489 e. The number of hydrogen-bond acceptors (Lipinski definition) is 1. The molecular formula is C14H10Br2F2O. The highest BCUT2D eigenvalue weighted by Gasteiger charge is 2.07. The molecule has 0 aliphatic carbocycles. The van der Waals surface area contributed by atoms with Gasteiger partial charge in [-0.2, -0.15) is 0 Å². The maximum absolute atomic E-state index is 13.1. The zero-order chi connectivity index (χ0) is 13.8. The van der Waals surface area contributed by atoms with E-state index >= 15 is 0 Å². The molecule has 5 heteroatoms. The van der Waals surface area contributed by atoms with Gasteiger partial charge in [-0.15, -0.1) is 0 Å². The predicted molar refractivity (Wildman–Crippen MR) is 77.5 cm³/mol. The zero-order valence-corrected chi connectivity index (χ0v) is 13.0. The molecule has 2 rings (SSSR count). The van der Waals surface area contributed by atoms with Crippen LogP contribution < -0.4 is 4.74 Å². The Morgan fingerprint density at radius 3 is 2.32 bits per heavy atom. The summed E-state index contributed by atoms with van der Waals surface area (Å²) in [4.78, 5) is 0. The van der Waals surface area contributed by atoms with Crippen LogP contribution >= 0.6 is 31.9 Å². The van der Waals surface area contributed by atoms with E-state index in [-0.39, 0.29) is 18.2 Å². The summed E-state index contributed by atoms with van der Waals surface area (Å²) in [5.74, 6) is -0.00202. The number of alkyl halides is 1. The molecule has 0 unspecified atom stereocenters. The van der Waals surface area contributed by atoms with Gasteiger partial charge in [-0.1, -0.05) is 37.9 Å². The van der Waals surface area contributed by atoms with Gasteiger partial charge in [0, 0.05) is 20.9 Å². The van der Waals surface area contributed by atoms with Gasteiger partial charge in [0.2, 0.25) is 0 Å². The second-order valence-electron chi connectivity index (χ2n) is 3.91. The molecule has 100 valence electrons. The standard InChI is InChI=1S/C14H10Br2F2O/c15-7-10-5-11(17)3-4-14(10)19-8-9-1-2-12(18)6-13(9)16/h1-6H,7-8H2. The lowest BCUT2D eigenvalue weighted by Crippen LogP contribution is -1.99. The Bertz CT molecular complexity index is 588. The molecule has 0 bridgehead atoms. The van der Waals surface area contributed by atoms with Crippen LogP contribution in [0.4, 0.5) is 8.78 Å². The molecule has 0 aliphatic heterocycles. The summed E-state index contributed by atoms with van der Waals surface area (Å²) in [6.45, 7) is 0.284. The van der Waals surface area contributed by atoms with E-state index in [0.717, 1.165) is 11.1 Å². The lowest BCUT2D eigenvalue weighted by Gasteiger charge is -2.11. The molecule has 0 heterocycles. The van der Waals surface area contributed by atoms with Gasteiger partial charge in [-0.05, 0) is 30.3 Å². The van der Waals surface area contributed by atoms with Gasteiger partial charge in [0.25, 0.3) is 0 Å². The van der Waals surface area contributed by atoms with Gasteiger partial charge in [0.1, 0.15) is 24.0 Å². The quantitative estimate of drug-likeness (QED) is 0.650. The van der Waals surface area contributed by atoms with E-state index in [0.29, 0.717) is 15.6 Å². The molecule has 0 radical (unpaired) electrons. The molecule has 1 nitrogen and oxygen atoms in total. The fourth-order valence-corrected chi connectivity index (χ4v) is 2.49. The van der Waals surface area contributed by atoms with Crippen molar-refractivity contribution in [2.24, 2.45) is 0 Å². The first-order valence-corrected chi connectivity index (χ1v) is 7.42. The van der Waals surface area contributed by atoms with Crippen LogP contribution in [0.5, 0.6) is 5.75 Å². The first-order valence-electron chi connectivity index (χ1n) is 5.51. The Kier molecular flexibility index (Phi) is 4.93. The Morgan fingerprint density at radius 1 is 0.947 bits per heavy atom. The largest absolute Gasteiger partial charge is 0.489 e. The predicted octanol–water partition coefficient (Wildman–Crippen LogP) is 5.20. The fourth-order valence-electron chi connectivity index (χ4n) is 1.59. The summed E-state index contributed by atoms with van der Waals surface area (Å²) in [6.07, 6.45) is 0. The number of hydrogen-bond donors (Lipinski definition) is 0. The van der Waals surface area contributed by atoms with Gasteiger partial charge < -0.3 is 4.74 Å². The summed E-state index contributed by atoms with van der Waals surface area (Å²) in [5.41, 5.74) is 1.56. The second kappa shape index (κ2) is 6.48. The van der Waals surface area contributed by atoms with E-state index in [1.807, 2.05) is 0 Å². The van der Waals surface area contributed by atoms with E-state index in [1.165, 1.54) is 24.3 Å². The molecule has 0 saturated carbocycles. The molecule has 0 N–H and O–H groups in total. The number of ether oxygens (including phenoxy) is 1. The Morgan fingerprint density at radius 2 is 1.63 bits per heavy atom. The van der Waals surface area contributed by atoms with Crippen LogP contribution in [0.3, 0.4) is 0 Å². The fraction of sp³-hybridized carbons (Fsp3) is 0.143. The van der Waals surface area contributed by atoms with Crippen molar-refractivity contribution in [2.75, 3.05) is 0 Å². The van der Waals surface area contributed by atoms with Crippen LogP contribution in [-0.4, -0.2) is 0 Å². The molecule has 0 fully saturated rings. The van der Waals surface area contributed by atoms with Crippen molar-refractivity contribution < 1.29 is 13.5 Å². The van der Waals surface area contributed by atoms with Crippen LogP contribution in [-0.2, 0) is 11.9 Å². The Hall–Kier alpha value is -0.940. The topological polar surface area (TPSA) is 9.23 Å². The molecule has 2 aromatic rings. The molecule has 0 atom stereocenters. The van der Waals surface area contributed by atoms with Gasteiger partial charge in [0.15, 0.2) is 0 Å². The van der Waals surface area contributed by atoms with Crippen molar-refractivity contribution in [3.8, 4) is 5.75 Å². The Labute approximate surface area is 126 Å². The lowest BCUT2D eigenvalue weighted by molar-refractivity contribution is 0.302. The van der Waals surface area contributed by atoms with Crippen LogP contribution in [0, 0.1) is 11.6 Å². The average Bonchev–Trinajstić information content (AvgIpc) is 2.39. The van der Waals surface area contributed by atoms with Gasteiger partial charge in [-0.3, -0.25) is 0 Å². The third kappa shape index (κ3) is 3.76. The highest BCUT2D eigenvalue weighted by molar-refractivity contribution is 9.10. The average molecular weight is 392 g/mol. The first kappa shape index (κ1) is 14.5. The smallest absolute Gasteiger partial charge is 0.124 e. The third-order valence-corrected chi connectivity index (χ3v) is 3.91. The highest BCUT2D eigenvalue weighted by Crippen LogP contribution is 2.25. The van der Waals surface area contributed by atoms with E-state index < -0.39 is 0 Å². The third-order valence-electron chi connectivity index (χ3n) is 2.56. The number of rotatable bonds is 4. The Balaban J connectivity index is 2.14. The van der Waals surface area contributed by atoms with Crippen molar-refractivity contribution in [3.63, 3.8) is 0 Å². The lowest BCUT2D eigenvalue weighted by atomic mass is 10.2. The van der Waals surface area contributed by atoms with Crippen molar-refractivity contribution in [1.29, 1.82) is 0 Å². The van der Waals surface area contributed by atoms with Crippen molar-refractivity contribution >= 4 is 31.9 Å². The molecule has 0 amide bonds. The minimum atomic E-state index is -0.307. The molecule has 0 aliphatic rings. The van der Waals surface area contributed by atoms with Gasteiger partial charge in [0.05, 0.1) is 0 Å². The summed E-state index contributed by atoms with van der Waals surface area (Å²) < 4.78 is 32.3. The summed E-state index contributed by atoms with van der Waals surface area (Å²) in [7, 11) is 0. The molecule has 0 aromatic heterocycles. The van der Waals surface area contributed by atoms with Crippen molar-refractivity contribution in [2.45, 2.75) is 11.9 Å². The van der Waals surface area contributed by atoms with Crippen LogP contribution in [0.2, 0.25) is 0 Å². The first-order chi connectivity index (χ1) is 9.10. The monoisotopic (exact) mass is 390 g/mol. The number of benzene rings is 2. The molecule has 0 saturated heterocycles. The van der Waals surface area contributed by atoms with E-state index in [4.69, 9.17) is 4.74 Å². The second-order valence-corrected chi connectivity index (χ2v) is 5.33. The summed E-state index contributed by atoms with van der Waals surface area (Å²) in [5, 5.41) is 0.505. The highest BCUT2D eigenvalue weighted by atomic mass is 79.9. The molecule has 19 heavy (non-hydrogen) atoms.